The summed E-state index contributed by atoms with van der Waals surface area (Å²) in [4.78, 5) is 21.9. The second kappa shape index (κ2) is 9.96. The number of anilines is 1. The summed E-state index contributed by atoms with van der Waals surface area (Å²) in [5.74, 6) is 1.15. The Bertz CT molecular complexity index is 813. The Labute approximate surface area is 179 Å². The number of benzene rings is 2. The molecule has 2 fully saturated rings. The molecule has 30 heavy (non-hydrogen) atoms. The maximum atomic E-state index is 12.8. The number of hydrogen-bond donors (Lipinski definition) is 0. The third kappa shape index (κ3) is 5.12. The second-order valence-corrected chi connectivity index (χ2v) is 8.08. The molecule has 2 aromatic rings. The Kier molecular flexibility index (Phi) is 6.87. The Hall–Kier alpha value is -2.57. The topological polar surface area (TPSA) is 39.3 Å². The van der Waals surface area contributed by atoms with Gasteiger partial charge in [0.1, 0.15) is 5.75 Å². The minimum Gasteiger partial charge on any atom is -0.495 e. The number of para-hydroxylation sites is 2. The highest BCUT2D eigenvalue weighted by Gasteiger charge is 2.25. The summed E-state index contributed by atoms with van der Waals surface area (Å²) < 4.78 is 5.49. The Balaban J connectivity index is 1.21. The van der Waals surface area contributed by atoms with Crippen molar-refractivity contribution in [1.82, 2.24) is 14.7 Å². The van der Waals surface area contributed by atoms with E-state index < -0.39 is 0 Å². The van der Waals surface area contributed by atoms with Crippen LogP contribution in [0.4, 0.5) is 5.69 Å². The monoisotopic (exact) mass is 408 g/mol. The number of carbonyl (C=O) groups excluding carboxylic acids is 1. The van der Waals surface area contributed by atoms with E-state index in [9.17, 15) is 4.79 Å². The lowest BCUT2D eigenvalue weighted by Gasteiger charge is -2.39. The molecule has 6 nitrogen and oxygen atoms in total. The third-order valence-electron chi connectivity index (χ3n) is 6.13. The first-order valence-electron chi connectivity index (χ1n) is 10.9. The molecule has 6 heteroatoms. The highest BCUT2D eigenvalue weighted by molar-refractivity contribution is 5.78. The summed E-state index contributed by atoms with van der Waals surface area (Å²) in [7, 11) is 1.71. The molecule has 0 saturated carbocycles. The van der Waals surface area contributed by atoms with Crippen molar-refractivity contribution in [3.8, 4) is 5.75 Å². The zero-order valence-electron chi connectivity index (χ0n) is 17.9. The van der Waals surface area contributed by atoms with E-state index in [0.717, 1.165) is 70.3 Å². The first kappa shape index (κ1) is 20.7. The number of nitrogens with zero attached hydrogens (tertiary/aromatic N) is 4. The molecular formula is C24H32N4O2. The van der Waals surface area contributed by atoms with E-state index in [0.29, 0.717) is 6.54 Å². The fourth-order valence-corrected chi connectivity index (χ4v) is 4.33. The zero-order valence-corrected chi connectivity index (χ0v) is 17.9. The summed E-state index contributed by atoms with van der Waals surface area (Å²) in [6, 6.07) is 18.7. The van der Waals surface area contributed by atoms with Crippen molar-refractivity contribution in [2.45, 2.75) is 6.54 Å². The number of amides is 1. The molecule has 2 saturated heterocycles. The second-order valence-electron chi connectivity index (χ2n) is 8.08. The van der Waals surface area contributed by atoms with Crippen molar-refractivity contribution >= 4 is 11.6 Å². The minimum absolute atomic E-state index is 0.256. The molecule has 0 bridgehead atoms. The average Bonchev–Trinajstić information content (AvgIpc) is 2.81. The Morgan fingerprint density at radius 2 is 1.43 bits per heavy atom. The van der Waals surface area contributed by atoms with Crippen LogP contribution < -0.4 is 9.64 Å². The number of hydrogen-bond acceptors (Lipinski definition) is 5. The predicted octanol–water partition coefficient (Wildman–Crippen LogP) is 2.16. The van der Waals surface area contributed by atoms with Crippen LogP contribution in [0, 0.1) is 0 Å². The highest BCUT2D eigenvalue weighted by Crippen LogP contribution is 2.28. The SMILES string of the molecule is COc1ccccc1N1CCN(C(=O)CN2CCN(Cc3ccccc3)CC2)CC1. The quantitative estimate of drug-likeness (QED) is 0.733. The maximum Gasteiger partial charge on any atom is 0.236 e. The van der Waals surface area contributed by atoms with Gasteiger partial charge >= 0.3 is 0 Å². The van der Waals surface area contributed by atoms with Crippen LogP contribution in [0.2, 0.25) is 0 Å². The smallest absolute Gasteiger partial charge is 0.236 e. The molecule has 0 aromatic heterocycles. The van der Waals surface area contributed by atoms with Crippen molar-refractivity contribution in [2.75, 3.05) is 70.9 Å². The van der Waals surface area contributed by atoms with Crippen LogP contribution in [0.3, 0.4) is 0 Å². The largest absolute Gasteiger partial charge is 0.495 e. The summed E-state index contributed by atoms with van der Waals surface area (Å²) in [5.41, 5.74) is 2.47. The summed E-state index contributed by atoms with van der Waals surface area (Å²) in [6.07, 6.45) is 0. The van der Waals surface area contributed by atoms with Crippen LogP contribution in [0.5, 0.6) is 5.75 Å². The molecule has 2 aliphatic rings. The molecule has 0 spiro atoms. The number of ether oxygens (including phenoxy) is 1. The minimum atomic E-state index is 0.256. The van der Waals surface area contributed by atoms with E-state index >= 15 is 0 Å². The molecule has 2 heterocycles. The van der Waals surface area contributed by atoms with Crippen LogP contribution in [-0.2, 0) is 11.3 Å². The third-order valence-corrected chi connectivity index (χ3v) is 6.13. The maximum absolute atomic E-state index is 12.8. The number of piperazine rings is 2. The van der Waals surface area contributed by atoms with Crippen LogP contribution in [0.1, 0.15) is 5.56 Å². The summed E-state index contributed by atoms with van der Waals surface area (Å²) in [6.45, 7) is 8.71. The summed E-state index contributed by atoms with van der Waals surface area (Å²) in [5, 5.41) is 0. The van der Waals surface area contributed by atoms with Crippen LogP contribution >= 0.6 is 0 Å². The van der Waals surface area contributed by atoms with Gasteiger partial charge in [-0.05, 0) is 17.7 Å². The fourth-order valence-electron chi connectivity index (χ4n) is 4.33. The van der Waals surface area contributed by atoms with Crippen molar-refractivity contribution < 1.29 is 9.53 Å². The first-order chi connectivity index (χ1) is 14.7. The van der Waals surface area contributed by atoms with Crippen molar-refractivity contribution in [1.29, 1.82) is 0 Å². The van der Waals surface area contributed by atoms with Gasteiger partial charge < -0.3 is 14.5 Å². The van der Waals surface area contributed by atoms with E-state index in [4.69, 9.17) is 4.74 Å². The molecule has 0 aliphatic carbocycles. The van der Waals surface area contributed by atoms with Gasteiger partial charge in [-0.1, -0.05) is 42.5 Å². The number of methoxy groups -OCH3 is 1. The van der Waals surface area contributed by atoms with Gasteiger partial charge in [0.2, 0.25) is 5.91 Å². The highest BCUT2D eigenvalue weighted by atomic mass is 16.5. The van der Waals surface area contributed by atoms with Crippen LogP contribution in [0.15, 0.2) is 54.6 Å². The van der Waals surface area contributed by atoms with Gasteiger partial charge in [0, 0.05) is 58.9 Å². The van der Waals surface area contributed by atoms with Gasteiger partial charge in [-0.15, -0.1) is 0 Å². The van der Waals surface area contributed by atoms with E-state index in [-0.39, 0.29) is 5.91 Å². The van der Waals surface area contributed by atoms with Gasteiger partial charge in [-0.2, -0.15) is 0 Å². The van der Waals surface area contributed by atoms with Gasteiger partial charge in [0.15, 0.2) is 0 Å². The lowest BCUT2D eigenvalue weighted by molar-refractivity contribution is -0.133. The zero-order chi connectivity index (χ0) is 20.8. The fraction of sp³-hybridized carbons (Fsp3) is 0.458. The normalized spacial score (nSPS) is 18.4. The van der Waals surface area contributed by atoms with E-state index in [1.165, 1.54) is 5.56 Å². The summed E-state index contributed by atoms with van der Waals surface area (Å²) >= 11 is 0. The molecule has 0 unspecified atom stereocenters. The van der Waals surface area contributed by atoms with E-state index in [2.05, 4.69) is 51.1 Å². The molecule has 160 valence electrons. The molecule has 2 aromatic carbocycles. The van der Waals surface area contributed by atoms with Gasteiger partial charge in [-0.3, -0.25) is 14.6 Å². The van der Waals surface area contributed by atoms with Gasteiger partial charge in [0.05, 0.1) is 19.3 Å². The molecular weight excluding hydrogens is 376 g/mol. The first-order valence-corrected chi connectivity index (χ1v) is 10.9. The Morgan fingerprint density at radius 1 is 0.800 bits per heavy atom. The standard InChI is InChI=1S/C24H32N4O2/c1-30-23-10-6-5-9-22(23)27-15-17-28(18-16-27)24(29)20-26-13-11-25(12-14-26)19-21-7-3-2-4-8-21/h2-10H,11-20H2,1H3. The predicted molar refractivity (Wildman–Crippen MR) is 120 cm³/mol. The van der Waals surface area contributed by atoms with Crippen molar-refractivity contribution in [2.24, 2.45) is 0 Å². The Morgan fingerprint density at radius 3 is 2.13 bits per heavy atom. The molecule has 0 N–H and O–H groups in total. The lowest BCUT2D eigenvalue weighted by Crippen LogP contribution is -2.53. The molecule has 0 radical (unpaired) electrons. The van der Waals surface area contributed by atoms with Crippen LogP contribution in [-0.4, -0.2) is 86.6 Å². The molecule has 0 atom stereocenters. The van der Waals surface area contributed by atoms with Crippen molar-refractivity contribution in [3.05, 3.63) is 60.2 Å². The van der Waals surface area contributed by atoms with Gasteiger partial charge in [0.25, 0.3) is 0 Å². The van der Waals surface area contributed by atoms with Crippen molar-refractivity contribution in [3.63, 3.8) is 0 Å². The van der Waals surface area contributed by atoms with E-state index in [1.54, 1.807) is 7.11 Å². The number of rotatable bonds is 6. The average molecular weight is 409 g/mol. The van der Waals surface area contributed by atoms with Gasteiger partial charge in [-0.25, -0.2) is 0 Å². The molecule has 2 aliphatic heterocycles. The molecule has 4 rings (SSSR count). The number of carbonyl (C=O) groups is 1. The lowest BCUT2D eigenvalue weighted by atomic mass is 10.2. The van der Waals surface area contributed by atoms with Crippen LogP contribution in [0.25, 0.3) is 0 Å². The van der Waals surface area contributed by atoms with E-state index in [1.807, 2.05) is 23.1 Å². The molecule has 1 amide bonds.